The molecule has 0 aliphatic heterocycles. The summed E-state index contributed by atoms with van der Waals surface area (Å²) in [4.78, 5) is 21.6. The number of nitrogens with one attached hydrogen (secondary N) is 1. The smallest absolute Gasteiger partial charge is 0.164 e. The van der Waals surface area contributed by atoms with Gasteiger partial charge in [0.05, 0.1) is 11.1 Å². The molecule has 0 bridgehead atoms. The second-order valence-corrected chi connectivity index (χ2v) is 6.25. The van der Waals surface area contributed by atoms with Crippen molar-refractivity contribution in [2.24, 2.45) is 4.99 Å². The summed E-state index contributed by atoms with van der Waals surface area (Å²) in [6.07, 6.45) is 9.01. The average molecular weight is 358 g/mol. The van der Waals surface area contributed by atoms with Crippen molar-refractivity contribution in [2.45, 2.75) is 13.8 Å². The number of fused-ring (bicyclic) bond motifs is 1. The molecule has 0 aromatic carbocycles. The number of allylic oxidation sites excluding steroid dienone is 1. The summed E-state index contributed by atoms with van der Waals surface area (Å²) in [5.41, 5.74) is 5.42. The first kappa shape index (κ1) is 18.4. The van der Waals surface area contributed by atoms with Crippen LogP contribution in [-0.4, -0.2) is 39.2 Å². The highest BCUT2D eigenvalue weighted by Gasteiger charge is 2.08. The van der Waals surface area contributed by atoms with Gasteiger partial charge in [-0.25, -0.2) is 15.0 Å². The first-order chi connectivity index (χ1) is 13.1. The minimum atomic E-state index is 0.562. The summed E-state index contributed by atoms with van der Waals surface area (Å²) in [6.45, 7) is 8.58. The Hall–Kier alpha value is -3.41. The number of nitrogens with zero attached hydrogens (tertiary/aromatic N) is 5. The maximum absolute atomic E-state index is 4.47. The fraction of sp³-hybridized carbons (Fsp3) is 0.190. The van der Waals surface area contributed by atoms with E-state index in [-0.39, 0.29) is 0 Å². The molecular weight excluding hydrogens is 336 g/mol. The van der Waals surface area contributed by atoms with Crippen molar-refractivity contribution in [3.8, 4) is 11.3 Å². The molecule has 6 nitrogen and oxygen atoms in total. The van der Waals surface area contributed by atoms with Crippen LogP contribution in [-0.2, 0) is 0 Å². The molecule has 3 aromatic heterocycles. The molecule has 0 saturated carbocycles. The van der Waals surface area contributed by atoms with Crippen LogP contribution in [0.2, 0.25) is 0 Å². The van der Waals surface area contributed by atoms with Crippen LogP contribution in [0.1, 0.15) is 12.5 Å². The number of hydrogen-bond acceptors (Lipinski definition) is 6. The molecule has 3 rings (SSSR count). The topological polar surface area (TPSA) is 76.0 Å². The number of pyridine rings is 2. The van der Waals surface area contributed by atoms with Gasteiger partial charge in [-0.1, -0.05) is 18.7 Å². The van der Waals surface area contributed by atoms with Crippen molar-refractivity contribution in [3.05, 3.63) is 66.8 Å². The zero-order chi connectivity index (χ0) is 19.2. The van der Waals surface area contributed by atoms with Gasteiger partial charge in [0.25, 0.3) is 0 Å². The summed E-state index contributed by atoms with van der Waals surface area (Å²) in [5.74, 6) is 0.719. The van der Waals surface area contributed by atoms with Gasteiger partial charge in [0.1, 0.15) is 12.1 Å². The molecule has 6 heteroatoms. The molecule has 0 fully saturated rings. The van der Waals surface area contributed by atoms with Gasteiger partial charge < -0.3 is 5.32 Å². The lowest BCUT2D eigenvalue weighted by molar-refractivity contribution is 1.14. The van der Waals surface area contributed by atoms with Crippen molar-refractivity contribution < 1.29 is 0 Å². The zero-order valence-electron chi connectivity index (χ0n) is 15.8. The van der Waals surface area contributed by atoms with Crippen molar-refractivity contribution in [3.63, 3.8) is 0 Å². The molecule has 3 heterocycles. The molecule has 0 unspecified atom stereocenters. The molecule has 0 amide bonds. The Morgan fingerprint density at radius 3 is 2.74 bits per heavy atom. The predicted molar refractivity (Wildman–Crippen MR) is 111 cm³/mol. The molecule has 0 aliphatic carbocycles. The first-order valence-electron chi connectivity index (χ1n) is 8.63. The molecule has 0 aliphatic rings. The predicted octanol–water partition coefficient (Wildman–Crippen LogP) is 4.01. The summed E-state index contributed by atoms with van der Waals surface area (Å²) >= 11 is 0. The van der Waals surface area contributed by atoms with Crippen molar-refractivity contribution in [2.75, 3.05) is 18.9 Å². The minimum Gasteiger partial charge on any atom is -0.365 e. The standard InChI is InChI=1S/C21H22N6/c1-14(5-7-16(3)22-4)11-24-20-18-9-17(12-25-21(18)27-13-26-20)19-8-6-15(2)10-23-19/h5-10,12-13H,1,11H2,2-4H3,(H,24,25,26,27)/b7-5-,22-16?. The quantitative estimate of drug-likeness (QED) is 0.532. The first-order valence-corrected chi connectivity index (χ1v) is 8.63. The van der Waals surface area contributed by atoms with Gasteiger partial charge in [-0.15, -0.1) is 0 Å². The van der Waals surface area contributed by atoms with E-state index in [1.54, 1.807) is 13.2 Å². The van der Waals surface area contributed by atoms with Gasteiger partial charge in [-0.05, 0) is 43.2 Å². The summed E-state index contributed by atoms with van der Waals surface area (Å²) in [7, 11) is 1.77. The number of hydrogen-bond donors (Lipinski definition) is 1. The molecule has 136 valence electrons. The molecule has 0 saturated heterocycles. The lowest BCUT2D eigenvalue weighted by atomic mass is 10.1. The highest BCUT2D eigenvalue weighted by atomic mass is 15.0. The van der Waals surface area contributed by atoms with Gasteiger partial charge >= 0.3 is 0 Å². The van der Waals surface area contributed by atoms with Crippen molar-refractivity contribution in [1.29, 1.82) is 0 Å². The average Bonchev–Trinajstić information content (AvgIpc) is 2.70. The van der Waals surface area contributed by atoms with Crippen LogP contribution in [0.25, 0.3) is 22.3 Å². The lowest BCUT2D eigenvalue weighted by Crippen LogP contribution is -2.06. The molecule has 0 radical (unpaired) electrons. The van der Waals surface area contributed by atoms with Crippen LogP contribution >= 0.6 is 0 Å². The fourth-order valence-corrected chi connectivity index (χ4v) is 2.43. The number of aromatic nitrogens is 4. The minimum absolute atomic E-state index is 0.562. The summed E-state index contributed by atoms with van der Waals surface area (Å²) in [6, 6.07) is 6.03. The Bertz CT molecular complexity index is 1020. The monoisotopic (exact) mass is 358 g/mol. The highest BCUT2D eigenvalue weighted by Crippen LogP contribution is 2.24. The second-order valence-electron chi connectivity index (χ2n) is 6.25. The van der Waals surface area contributed by atoms with Crippen LogP contribution in [0.4, 0.5) is 5.82 Å². The Morgan fingerprint density at radius 1 is 1.15 bits per heavy atom. The van der Waals surface area contributed by atoms with E-state index >= 15 is 0 Å². The maximum Gasteiger partial charge on any atom is 0.164 e. The fourth-order valence-electron chi connectivity index (χ4n) is 2.43. The SMILES string of the molecule is C=C(/C=C\C(C)=NC)CNc1ncnc2ncc(-c3ccc(C)cn3)cc12. The summed E-state index contributed by atoms with van der Waals surface area (Å²) in [5, 5.41) is 4.16. The lowest BCUT2D eigenvalue weighted by Gasteiger charge is -2.09. The number of aryl methyl sites for hydroxylation is 1. The van der Waals surface area contributed by atoms with Crippen molar-refractivity contribution in [1.82, 2.24) is 19.9 Å². The zero-order valence-corrected chi connectivity index (χ0v) is 15.8. The van der Waals surface area contributed by atoms with E-state index in [9.17, 15) is 0 Å². The molecular formula is C21H22N6. The molecule has 0 atom stereocenters. The number of anilines is 1. The van der Waals surface area contributed by atoms with Gasteiger partial charge in [0.2, 0.25) is 0 Å². The van der Waals surface area contributed by atoms with E-state index in [4.69, 9.17) is 0 Å². The third-order valence-electron chi connectivity index (χ3n) is 4.09. The Kier molecular flexibility index (Phi) is 5.66. The Labute approximate surface area is 158 Å². The summed E-state index contributed by atoms with van der Waals surface area (Å²) < 4.78 is 0. The van der Waals surface area contributed by atoms with Gasteiger partial charge in [-0.2, -0.15) is 0 Å². The third kappa shape index (κ3) is 4.61. The van der Waals surface area contributed by atoms with Crippen LogP contribution in [0, 0.1) is 6.92 Å². The Balaban J connectivity index is 1.85. The van der Waals surface area contributed by atoms with E-state index in [1.807, 2.05) is 50.4 Å². The van der Waals surface area contributed by atoms with E-state index in [2.05, 4.69) is 36.8 Å². The molecule has 1 N–H and O–H groups in total. The van der Waals surface area contributed by atoms with E-state index in [0.717, 1.165) is 39.3 Å². The van der Waals surface area contributed by atoms with Gasteiger partial charge in [-0.3, -0.25) is 9.98 Å². The van der Waals surface area contributed by atoms with Crippen LogP contribution in [0.15, 0.2) is 66.2 Å². The largest absolute Gasteiger partial charge is 0.365 e. The number of rotatable bonds is 6. The van der Waals surface area contributed by atoms with E-state index < -0.39 is 0 Å². The van der Waals surface area contributed by atoms with Crippen LogP contribution in [0.3, 0.4) is 0 Å². The van der Waals surface area contributed by atoms with E-state index in [1.165, 1.54) is 6.33 Å². The second kappa shape index (κ2) is 8.31. The Morgan fingerprint density at radius 2 is 2.00 bits per heavy atom. The number of aliphatic imine (C=N–C) groups is 1. The van der Waals surface area contributed by atoms with Crippen molar-refractivity contribution >= 4 is 22.6 Å². The van der Waals surface area contributed by atoms with E-state index in [0.29, 0.717) is 12.2 Å². The third-order valence-corrected chi connectivity index (χ3v) is 4.09. The van der Waals surface area contributed by atoms with Gasteiger partial charge in [0, 0.05) is 37.3 Å². The van der Waals surface area contributed by atoms with Crippen LogP contribution < -0.4 is 5.32 Å². The molecule has 27 heavy (non-hydrogen) atoms. The highest BCUT2D eigenvalue weighted by molar-refractivity contribution is 5.93. The molecule has 3 aromatic rings. The van der Waals surface area contributed by atoms with Gasteiger partial charge in [0.15, 0.2) is 5.65 Å². The maximum atomic E-state index is 4.47. The van der Waals surface area contributed by atoms with Crippen LogP contribution in [0.5, 0.6) is 0 Å². The normalized spacial score (nSPS) is 11.9. The molecule has 0 spiro atoms.